The molecule has 4 N–H and O–H groups in total. The van der Waals surface area contributed by atoms with Gasteiger partial charge in [-0.1, -0.05) is 32.9 Å². The molecule has 0 aliphatic heterocycles. The number of aromatic hydroxyl groups is 1. The second kappa shape index (κ2) is 11.2. The number of phenolic OH excluding ortho intramolecular Hbond substituents is 1. The Labute approximate surface area is 273 Å². The third-order valence-electron chi connectivity index (χ3n) is 9.77. The van der Waals surface area contributed by atoms with Crippen LogP contribution in [0.1, 0.15) is 79.8 Å². The maximum atomic E-state index is 14.5. The molecule has 0 bridgehead atoms. The molecule has 5 rings (SSSR count). The zero-order valence-electron chi connectivity index (χ0n) is 27.9. The first kappa shape index (κ1) is 34.1. The van der Waals surface area contributed by atoms with Gasteiger partial charge in [0.2, 0.25) is 5.91 Å². The summed E-state index contributed by atoms with van der Waals surface area (Å²) in [7, 11) is 3.13. The van der Waals surface area contributed by atoms with Crippen molar-refractivity contribution in [1.29, 1.82) is 0 Å². The average molecular weight is 647 g/mol. The lowest BCUT2D eigenvalue weighted by Crippen LogP contribution is -2.74. The summed E-state index contributed by atoms with van der Waals surface area (Å²) in [5.41, 5.74) is -2.56. The Morgan fingerprint density at radius 1 is 0.979 bits per heavy atom. The highest BCUT2D eigenvalue weighted by Gasteiger charge is 2.69. The number of aromatic carboxylic acids is 1. The molecule has 3 aliphatic carbocycles. The van der Waals surface area contributed by atoms with Crippen molar-refractivity contribution in [2.45, 2.75) is 77.0 Å². The minimum Gasteiger partial charge on any atom is -0.507 e. The van der Waals surface area contributed by atoms with Gasteiger partial charge >= 0.3 is 5.97 Å². The Bertz CT molecular complexity index is 1750. The molecule has 1 amide bonds. The molecule has 11 heteroatoms. The SMILES string of the molecule is CN(C)[C@H]1C(=O)C(C(=O)NC(C)(C)C)C(=O)[C@]2(O)C(=O)C3C(=O)c4c(O)c(C(C)(C)C)cc(-c5cccc(C(=O)O)c5)c4C[C@@H]3C[C@H]12. The lowest BCUT2D eigenvalue weighted by molar-refractivity contribution is -0.181. The van der Waals surface area contributed by atoms with Gasteiger partial charge in [-0.2, -0.15) is 0 Å². The van der Waals surface area contributed by atoms with Crippen LogP contribution < -0.4 is 5.32 Å². The number of carboxylic acids is 1. The molecule has 2 aromatic rings. The summed E-state index contributed by atoms with van der Waals surface area (Å²) < 4.78 is 0. The van der Waals surface area contributed by atoms with E-state index in [4.69, 9.17) is 0 Å². The predicted octanol–water partition coefficient (Wildman–Crippen LogP) is 2.96. The summed E-state index contributed by atoms with van der Waals surface area (Å²) in [5, 5.41) is 36.0. The highest BCUT2D eigenvalue weighted by molar-refractivity contribution is 6.32. The molecule has 2 aromatic carbocycles. The van der Waals surface area contributed by atoms with Gasteiger partial charge in [-0.15, -0.1) is 0 Å². The molecule has 0 saturated heterocycles. The minimum atomic E-state index is -2.80. The normalized spacial score (nSPS) is 27.7. The Hall–Kier alpha value is -4.22. The van der Waals surface area contributed by atoms with E-state index in [1.54, 1.807) is 53.1 Å². The second-order valence-electron chi connectivity index (χ2n) is 15.4. The maximum absolute atomic E-state index is 14.5. The van der Waals surface area contributed by atoms with Crippen LogP contribution in [0.4, 0.5) is 0 Å². The number of ketones is 4. The summed E-state index contributed by atoms with van der Waals surface area (Å²) in [4.78, 5) is 83.4. The Morgan fingerprint density at radius 3 is 2.17 bits per heavy atom. The van der Waals surface area contributed by atoms with Gasteiger partial charge in [0.25, 0.3) is 0 Å². The maximum Gasteiger partial charge on any atom is 0.335 e. The van der Waals surface area contributed by atoms with E-state index in [2.05, 4.69) is 5.32 Å². The lowest BCUT2D eigenvalue weighted by Gasteiger charge is -2.53. The fraction of sp³-hybridized carbons (Fsp3) is 0.500. The van der Waals surface area contributed by atoms with Gasteiger partial charge in [-0.05, 0) is 93.9 Å². The van der Waals surface area contributed by atoms with E-state index >= 15 is 0 Å². The largest absolute Gasteiger partial charge is 0.507 e. The summed E-state index contributed by atoms with van der Waals surface area (Å²) in [6.07, 6.45) is 0.00750. The Balaban J connectivity index is 1.70. The van der Waals surface area contributed by atoms with Crippen LogP contribution in [-0.2, 0) is 31.0 Å². The monoisotopic (exact) mass is 646 g/mol. The number of aliphatic hydroxyl groups is 1. The van der Waals surface area contributed by atoms with Gasteiger partial charge in [0, 0.05) is 17.0 Å². The van der Waals surface area contributed by atoms with Gasteiger partial charge < -0.3 is 20.6 Å². The second-order valence-corrected chi connectivity index (χ2v) is 15.4. The van der Waals surface area contributed by atoms with Crippen molar-refractivity contribution in [3.63, 3.8) is 0 Å². The molecule has 0 spiro atoms. The first-order valence-electron chi connectivity index (χ1n) is 15.7. The van der Waals surface area contributed by atoms with E-state index in [1.165, 1.54) is 17.0 Å². The summed E-state index contributed by atoms with van der Waals surface area (Å²) >= 11 is 0. The molecule has 2 saturated carbocycles. The van der Waals surface area contributed by atoms with Crippen LogP contribution in [0.5, 0.6) is 5.75 Å². The first-order chi connectivity index (χ1) is 21.6. The molecule has 0 heterocycles. The van der Waals surface area contributed by atoms with Gasteiger partial charge in [0.15, 0.2) is 34.7 Å². The Kier molecular flexibility index (Phi) is 8.13. The van der Waals surface area contributed by atoms with Crippen LogP contribution in [-0.4, -0.2) is 86.5 Å². The third kappa shape index (κ3) is 5.39. The number of nitrogens with one attached hydrogen (secondary N) is 1. The van der Waals surface area contributed by atoms with Crippen LogP contribution in [0.25, 0.3) is 11.1 Å². The van der Waals surface area contributed by atoms with Crippen molar-refractivity contribution < 1.29 is 44.1 Å². The molecule has 2 fully saturated rings. The number of phenols is 1. The smallest absolute Gasteiger partial charge is 0.335 e. The number of amides is 1. The molecular formula is C36H42N2O9. The molecule has 250 valence electrons. The van der Waals surface area contributed by atoms with Crippen LogP contribution in [0.15, 0.2) is 30.3 Å². The quantitative estimate of drug-likeness (QED) is 0.361. The van der Waals surface area contributed by atoms with Crippen LogP contribution in [0.2, 0.25) is 0 Å². The molecule has 3 aliphatic rings. The molecule has 0 radical (unpaired) electrons. The molecule has 2 unspecified atom stereocenters. The highest BCUT2D eigenvalue weighted by Crippen LogP contribution is 2.53. The van der Waals surface area contributed by atoms with E-state index in [1.807, 2.05) is 20.8 Å². The summed E-state index contributed by atoms with van der Waals surface area (Å²) in [5.74, 6) is -11.7. The zero-order valence-corrected chi connectivity index (χ0v) is 27.9. The summed E-state index contributed by atoms with van der Waals surface area (Å²) in [6.45, 7) is 10.5. The standard InChI is InChI=1S/C36H42N2O9/c1-34(2,3)22-15-19(16-10-9-11-17(12-16)33(45)46)20-13-18-14-21-26(38(7)8)29(41)25(32(44)37-35(4,5)6)31(43)36(21,47)30(42)23(18)28(40)24(20)27(22)39/h9-12,15,18,21,23,25-26,39,47H,13-14H2,1-8H3,(H,37,44)(H,45,46)/t18-,21-,23?,25?,26-,36-/m1/s1. The fourth-order valence-corrected chi connectivity index (χ4v) is 7.74. The number of carbonyl (C=O) groups excluding carboxylic acids is 5. The van der Waals surface area contributed by atoms with E-state index in [-0.39, 0.29) is 29.7 Å². The van der Waals surface area contributed by atoms with Crippen molar-refractivity contribution in [2.24, 2.45) is 23.7 Å². The number of Topliss-reactive ketones (excluding diaryl/α,β-unsaturated/α-hetero) is 4. The summed E-state index contributed by atoms with van der Waals surface area (Å²) in [6, 6.07) is 6.76. The van der Waals surface area contributed by atoms with Gasteiger partial charge in [0.1, 0.15) is 5.75 Å². The molecule has 6 atom stereocenters. The average Bonchev–Trinajstić information content (AvgIpc) is 2.93. The van der Waals surface area contributed by atoms with Crippen LogP contribution in [0, 0.1) is 23.7 Å². The number of rotatable bonds is 4. The van der Waals surface area contributed by atoms with Gasteiger partial charge in [0.05, 0.1) is 23.1 Å². The van der Waals surface area contributed by atoms with Crippen LogP contribution >= 0.6 is 0 Å². The first-order valence-corrected chi connectivity index (χ1v) is 15.7. The van der Waals surface area contributed by atoms with Crippen molar-refractivity contribution in [3.05, 3.63) is 52.6 Å². The van der Waals surface area contributed by atoms with Crippen LogP contribution in [0.3, 0.4) is 0 Å². The van der Waals surface area contributed by atoms with Gasteiger partial charge in [-0.3, -0.25) is 28.9 Å². The Morgan fingerprint density at radius 2 is 1.62 bits per heavy atom. The number of benzene rings is 2. The van der Waals surface area contributed by atoms with Crippen molar-refractivity contribution in [1.82, 2.24) is 10.2 Å². The number of fused-ring (bicyclic) bond motifs is 3. The number of likely N-dealkylation sites (N-methyl/N-ethyl adjacent to an activating group) is 1. The molecule has 11 nitrogen and oxygen atoms in total. The van der Waals surface area contributed by atoms with E-state index in [0.29, 0.717) is 22.3 Å². The van der Waals surface area contributed by atoms with E-state index < -0.39 is 81.3 Å². The highest BCUT2D eigenvalue weighted by atomic mass is 16.4. The fourth-order valence-electron chi connectivity index (χ4n) is 7.74. The number of carboxylic acid groups (broad SMARTS) is 1. The van der Waals surface area contributed by atoms with Gasteiger partial charge in [-0.25, -0.2) is 4.79 Å². The number of carbonyl (C=O) groups is 6. The van der Waals surface area contributed by atoms with E-state index in [0.717, 1.165) is 0 Å². The zero-order chi connectivity index (χ0) is 35.1. The van der Waals surface area contributed by atoms with E-state index in [9.17, 15) is 44.1 Å². The third-order valence-corrected chi connectivity index (χ3v) is 9.77. The number of hydrogen-bond acceptors (Lipinski definition) is 9. The van der Waals surface area contributed by atoms with Crippen molar-refractivity contribution in [2.75, 3.05) is 14.1 Å². The molecule has 0 aromatic heterocycles. The molecule has 47 heavy (non-hydrogen) atoms. The minimum absolute atomic E-state index is 0.0256. The van der Waals surface area contributed by atoms with Crippen molar-refractivity contribution in [3.8, 4) is 16.9 Å². The number of nitrogens with zero attached hydrogens (tertiary/aromatic N) is 1. The number of hydrogen-bond donors (Lipinski definition) is 4. The lowest BCUT2D eigenvalue weighted by atomic mass is 9.52. The molecular weight excluding hydrogens is 604 g/mol. The van der Waals surface area contributed by atoms with Crippen molar-refractivity contribution >= 4 is 35.0 Å². The predicted molar refractivity (Wildman–Crippen MR) is 171 cm³/mol. The topological polar surface area (TPSA) is 178 Å².